The van der Waals surface area contributed by atoms with Crippen LogP contribution in [0.1, 0.15) is 11.1 Å². The summed E-state index contributed by atoms with van der Waals surface area (Å²) in [4.78, 5) is 0. The highest BCUT2D eigenvalue weighted by molar-refractivity contribution is 9.10. The molecule has 3 nitrogen and oxygen atoms in total. The van der Waals surface area contributed by atoms with E-state index >= 15 is 0 Å². The van der Waals surface area contributed by atoms with Crippen molar-refractivity contribution < 1.29 is 13.9 Å². The number of rotatable bonds is 7. The van der Waals surface area contributed by atoms with Gasteiger partial charge in [-0.05, 0) is 48.5 Å². The number of nitrogens with one attached hydrogen (secondary N) is 1. The summed E-state index contributed by atoms with van der Waals surface area (Å²) < 4.78 is 25.5. The van der Waals surface area contributed by atoms with Gasteiger partial charge in [0.2, 0.25) is 0 Å². The molecule has 3 rings (SSSR count). The zero-order chi connectivity index (χ0) is 20.1. The van der Waals surface area contributed by atoms with Crippen molar-refractivity contribution in [3.05, 3.63) is 86.1 Å². The van der Waals surface area contributed by atoms with E-state index in [1.165, 1.54) is 12.1 Å². The van der Waals surface area contributed by atoms with Crippen LogP contribution >= 0.6 is 39.1 Å². The van der Waals surface area contributed by atoms with Gasteiger partial charge in [0.05, 0.1) is 7.11 Å². The second kappa shape index (κ2) is 9.50. The van der Waals surface area contributed by atoms with E-state index in [4.69, 9.17) is 32.7 Å². The van der Waals surface area contributed by atoms with E-state index < -0.39 is 0 Å². The average molecular weight is 485 g/mol. The average Bonchev–Trinajstić information content (AvgIpc) is 2.68. The maximum absolute atomic E-state index is 13.1. The minimum atomic E-state index is -0.281. The fourth-order valence-electron chi connectivity index (χ4n) is 2.61. The lowest BCUT2D eigenvalue weighted by molar-refractivity contribution is 0.281. The van der Waals surface area contributed by atoms with Crippen LogP contribution in [0.2, 0.25) is 10.0 Å². The summed E-state index contributed by atoms with van der Waals surface area (Å²) >= 11 is 15.8. The molecule has 0 aliphatic heterocycles. The Morgan fingerprint density at radius 3 is 2.46 bits per heavy atom. The van der Waals surface area contributed by atoms with Crippen molar-refractivity contribution in [2.75, 3.05) is 12.4 Å². The van der Waals surface area contributed by atoms with E-state index in [9.17, 15) is 4.39 Å². The second-order valence-electron chi connectivity index (χ2n) is 5.94. The van der Waals surface area contributed by atoms with Gasteiger partial charge in [-0.2, -0.15) is 0 Å². The lowest BCUT2D eigenvalue weighted by Crippen LogP contribution is -2.06. The van der Waals surface area contributed by atoms with E-state index in [1.807, 2.05) is 18.2 Å². The number of ether oxygens (including phenoxy) is 2. The number of halogens is 4. The minimum absolute atomic E-state index is 0.256. The molecule has 3 aromatic rings. The van der Waals surface area contributed by atoms with Gasteiger partial charge in [-0.1, -0.05) is 45.2 Å². The molecule has 0 fully saturated rings. The number of hydrogen-bond acceptors (Lipinski definition) is 3. The molecule has 28 heavy (non-hydrogen) atoms. The molecule has 0 bridgehead atoms. The molecule has 0 heterocycles. The Balaban J connectivity index is 1.83. The van der Waals surface area contributed by atoms with Crippen LogP contribution in [0.5, 0.6) is 11.5 Å². The zero-order valence-electron chi connectivity index (χ0n) is 14.9. The van der Waals surface area contributed by atoms with Gasteiger partial charge in [0.1, 0.15) is 12.4 Å². The predicted octanol–water partition coefficient (Wildman–Crippen LogP) is 7.09. The quantitative estimate of drug-likeness (QED) is 0.388. The molecule has 0 saturated carbocycles. The third-order valence-electron chi connectivity index (χ3n) is 4.09. The van der Waals surface area contributed by atoms with Crippen molar-refractivity contribution in [2.24, 2.45) is 0 Å². The van der Waals surface area contributed by atoms with Crippen LogP contribution in [-0.4, -0.2) is 7.11 Å². The molecule has 0 saturated heterocycles. The summed E-state index contributed by atoms with van der Waals surface area (Å²) in [6, 6.07) is 15.2. The lowest BCUT2D eigenvalue weighted by atomic mass is 10.1. The molecule has 0 aromatic heterocycles. The maximum atomic E-state index is 13.1. The molecule has 0 aliphatic carbocycles. The van der Waals surface area contributed by atoms with Crippen LogP contribution < -0.4 is 14.8 Å². The first-order chi connectivity index (χ1) is 13.5. The monoisotopic (exact) mass is 483 g/mol. The van der Waals surface area contributed by atoms with Crippen LogP contribution in [0.3, 0.4) is 0 Å². The van der Waals surface area contributed by atoms with E-state index in [0.29, 0.717) is 28.1 Å². The van der Waals surface area contributed by atoms with Gasteiger partial charge in [0.15, 0.2) is 11.5 Å². The molecule has 0 spiro atoms. The highest BCUT2D eigenvalue weighted by Crippen LogP contribution is 2.37. The van der Waals surface area contributed by atoms with Gasteiger partial charge in [-0.15, -0.1) is 0 Å². The molecule has 146 valence electrons. The highest BCUT2D eigenvalue weighted by atomic mass is 79.9. The summed E-state index contributed by atoms with van der Waals surface area (Å²) in [6.07, 6.45) is 0. The molecule has 3 aromatic carbocycles. The molecular weight excluding hydrogens is 468 g/mol. The second-order valence-corrected chi connectivity index (χ2v) is 7.64. The first-order valence-electron chi connectivity index (χ1n) is 8.39. The predicted molar refractivity (Wildman–Crippen MR) is 115 cm³/mol. The third-order valence-corrected chi connectivity index (χ3v) is 5.42. The fourth-order valence-corrected chi connectivity index (χ4v) is 3.53. The standard InChI is InChI=1S/C21H17BrCl2FNO2/c1-27-20-9-8-18(22)17(11-26-16-6-4-15(25)5-7-16)21(20)28-12-13-2-3-14(23)10-19(13)24/h2-10,26H,11-12H2,1H3. The van der Waals surface area contributed by atoms with Gasteiger partial charge in [0.25, 0.3) is 0 Å². The molecule has 0 radical (unpaired) electrons. The van der Waals surface area contributed by atoms with E-state index in [1.54, 1.807) is 31.4 Å². The molecule has 0 aliphatic rings. The van der Waals surface area contributed by atoms with Crippen LogP contribution in [0.25, 0.3) is 0 Å². The van der Waals surface area contributed by atoms with Gasteiger partial charge in [-0.3, -0.25) is 0 Å². The van der Waals surface area contributed by atoms with Crippen LogP contribution in [0.4, 0.5) is 10.1 Å². The van der Waals surface area contributed by atoms with Crippen molar-refractivity contribution in [3.63, 3.8) is 0 Å². The van der Waals surface area contributed by atoms with E-state index in [-0.39, 0.29) is 12.4 Å². The van der Waals surface area contributed by atoms with Crippen molar-refractivity contribution >= 4 is 44.8 Å². The summed E-state index contributed by atoms with van der Waals surface area (Å²) in [7, 11) is 1.59. The Labute approximate surface area is 181 Å². The molecule has 0 amide bonds. The molecule has 7 heteroatoms. The van der Waals surface area contributed by atoms with Crippen molar-refractivity contribution in [3.8, 4) is 11.5 Å². The molecular formula is C21H17BrCl2FNO2. The SMILES string of the molecule is COc1ccc(Br)c(CNc2ccc(F)cc2)c1OCc1ccc(Cl)cc1Cl. The zero-order valence-corrected chi connectivity index (χ0v) is 18.0. The Morgan fingerprint density at radius 1 is 1.04 bits per heavy atom. The lowest BCUT2D eigenvalue weighted by Gasteiger charge is -2.18. The number of benzene rings is 3. The third kappa shape index (κ3) is 5.10. The van der Waals surface area contributed by atoms with Gasteiger partial charge in [-0.25, -0.2) is 4.39 Å². The number of anilines is 1. The Bertz CT molecular complexity index is 967. The Morgan fingerprint density at radius 2 is 1.79 bits per heavy atom. The fraction of sp³-hybridized carbons (Fsp3) is 0.143. The summed E-state index contributed by atoms with van der Waals surface area (Å²) in [5.74, 6) is 0.915. The normalized spacial score (nSPS) is 10.6. The van der Waals surface area contributed by atoms with Crippen LogP contribution in [0.15, 0.2) is 59.1 Å². The highest BCUT2D eigenvalue weighted by Gasteiger charge is 2.15. The Kier molecular flexibility index (Phi) is 7.05. The molecule has 0 atom stereocenters. The summed E-state index contributed by atoms with van der Waals surface area (Å²) in [5.41, 5.74) is 2.47. The first-order valence-corrected chi connectivity index (χ1v) is 9.94. The smallest absolute Gasteiger partial charge is 0.167 e. The number of hydrogen-bond donors (Lipinski definition) is 1. The number of methoxy groups -OCH3 is 1. The van der Waals surface area contributed by atoms with Crippen LogP contribution in [-0.2, 0) is 13.2 Å². The van der Waals surface area contributed by atoms with Crippen molar-refractivity contribution in [2.45, 2.75) is 13.2 Å². The van der Waals surface area contributed by atoms with Gasteiger partial charge >= 0.3 is 0 Å². The van der Waals surface area contributed by atoms with Crippen LogP contribution in [0, 0.1) is 5.82 Å². The molecule has 0 unspecified atom stereocenters. The Hall–Kier alpha value is -1.95. The topological polar surface area (TPSA) is 30.5 Å². The van der Waals surface area contributed by atoms with Crippen molar-refractivity contribution in [1.82, 2.24) is 0 Å². The largest absolute Gasteiger partial charge is 0.493 e. The van der Waals surface area contributed by atoms with E-state index in [2.05, 4.69) is 21.2 Å². The van der Waals surface area contributed by atoms with Gasteiger partial charge < -0.3 is 14.8 Å². The van der Waals surface area contributed by atoms with E-state index in [0.717, 1.165) is 21.3 Å². The molecule has 1 N–H and O–H groups in total. The maximum Gasteiger partial charge on any atom is 0.167 e. The first kappa shape index (κ1) is 20.8. The summed E-state index contributed by atoms with van der Waals surface area (Å²) in [6.45, 7) is 0.708. The van der Waals surface area contributed by atoms with Crippen molar-refractivity contribution in [1.29, 1.82) is 0 Å². The summed E-state index contributed by atoms with van der Waals surface area (Å²) in [5, 5.41) is 4.36. The van der Waals surface area contributed by atoms with Gasteiger partial charge in [0, 0.05) is 37.9 Å². The minimum Gasteiger partial charge on any atom is -0.493 e.